The molecule has 0 aliphatic carbocycles. The van der Waals surface area contributed by atoms with Crippen molar-refractivity contribution in [1.82, 2.24) is 4.90 Å². The van der Waals surface area contributed by atoms with Gasteiger partial charge in [-0.25, -0.2) is 4.79 Å². The number of carbonyl (C=O) groups excluding carboxylic acids is 1. The summed E-state index contributed by atoms with van der Waals surface area (Å²) in [5.41, 5.74) is 3.07. The first kappa shape index (κ1) is 21.9. The molecule has 0 spiro atoms. The van der Waals surface area contributed by atoms with Crippen molar-refractivity contribution in [2.75, 3.05) is 11.4 Å². The quantitative estimate of drug-likeness (QED) is 0.725. The number of likely N-dealkylation sites (tertiary alicyclic amines) is 1. The summed E-state index contributed by atoms with van der Waals surface area (Å²) >= 11 is 0. The first-order valence-corrected chi connectivity index (χ1v) is 10.6. The highest BCUT2D eigenvalue weighted by Crippen LogP contribution is 2.39. The predicted molar refractivity (Wildman–Crippen MR) is 120 cm³/mol. The minimum Gasteiger partial charge on any atom is -0.465 e. The largest absolute Gasteiger partial charge is 0.465 e. The Kier molecular flexibility index (Phi) is 6.49. The Labute approximate surface area is 179 Å². The zero-order valence-electron chi connectivity index (χ0n) is 18.3. The minimum absolute atomic E-state index is 0.00849. The van der Waals surface area contributed by atoms with Gasteiger partial charge in [-0.3, -0.25) is 4.79 Å². The van der Waals surface area contributed by atoms with E-state index < -0.39 is 6.09 Å². The normalized spacial score (nSPS) is 19.4. The van der Waals surface area contributed by atoms with Crippen LogP contribution in [0.4, 0.5) is 10.5 Å². The van der Waals surface area contributed by atoms with Crippen LogP contribution in [0.25, 0.3) is 0 Å². The van der Waals surface area contributed by atoms with Gasteiger partial charge in [0.1, 0.15) is 0 Å². The van der Waals surface area contributed by atoms with Gasteiger partial charge in [0, 0.05) is 25.2 Å². The van der Waals surface area contributed by atoms with Crippen LogP contribution in [0.15, 0.2) is 54.6 Å². The van der Waals surface area contributed by atoms with Crippen molar-refractivity contribution in [3.8, 4) is 0 Å². The molecular weight excluding hydrogens is 376 g/mol. The molecular formula is C25H32N2O3. The van der Waals surface area contributed by atoms with Gasteiger partial charge in [0.25, 0.3) is 0 Å². The third kappa shape index (κ3) is 5.02. The summed E-state index contributed by atoms with van der Waals surface area (Å²) in [6.07, 6.45) is 0.801. The summed E-state index contributed by atoms with van der Waals surface area (Å²) in [5, 5.41) is 9.59. The van der Waals surface area contributed by atoms with E-state index in [-0.39, 0.29) is 17.4 Å². The van der Waals surface area contributed by atoms with Crippen LogP contribution in [0.3, 0.4) is 0 Å². The Morgan fingerprint density at radius 1 is 1.07 bits per heavy atom. The molecule has 2 aromatic rings. The van der Waals surface area contributed by atoms with Gasteiger partial charge in [0.15, 0.2) is 0 Å². The summed E-state index contributed by atoms with van der Waals surface area (Å²) in [7, 11) is 0. The molecule has 2 atom stereocenters. The lowest BCUT2D eigenvalue weighted by molar-refractivity contribution is -0.116. The molecule has 1 saturated heterocycles. The Bertz CT molecular complexity index is 872. The molecule has 1 aliphatic heterocycles. The number of carboxylic acid groups (broad SMARTS) is 1. The number of benzene rings is 2. The molecule has 2 unspecified atom stereocenters. The van der Waals surface area contributed by atoms with Crippen molar-refractivity contribution >= 4 is 17.7 Å². The highest BCUT2D eigenvalue weighted by molar-refractivity contribution is 5.91. The molecule has 0 saturated carbocycles. The van der Waals surface area contributed by atoms with Crippen LogP contribution in [-0.2, 0) is 11.3 Å². The van der Waals surface area contributed by atoms with Gasteiger partial charge in [-0.15, -0.1) is 0 Å². The molecule has 0 radical (unpaired) electrons. The lowest BCUT2D eigenvalue weighted by Crippen LogP contribution is -2.51. The Balaban J connectivity index is 1.77. The summed E-state index contributed by atoms with van der Waals surface area (Å²) in [5.74, 6) is 0.327. The van der Waals surface area contributed by atoms with Crippen LogP contribution < -0.4 is 4.90 Å². The summed E-state index contributed by atoms with van der Waals surface area (Å²) in [4.78, 5) is 27.3. The summed E-state index contributed by atoms with van der Waals surface area (Å²) in [6, 6.07) is 18.2. The van der Waals surface area contributed by atoms with E-state index in [4.69, 9.17) is 0 Å². The second-order valence-corrected chi connectivity index (χ2v) is 9.26. The van der Waals surface area contributed by atoms with Crippen molar-refractivity contribution in [3.63, 3.8) is 0 Å². The Morgan fingerprint density at radius 3 is 2.23 bits per heavy atom. The van der Waals surface area contributed by atoms with Crippen molar-refractivity contribution in [1.29, 1.82) is 0 Å². The number of piperidine rings is 1. The molecule has 30 heavy (non-hydrogen) atoms. The van der Waals surface area contributed by atoms with Crippen LogP contribution in [0, 0.1) is 5.41 Å². The average Bonchev–Trinajstić information content (AvgIpc) is 2.71. The molecule has 1 N–H and O–H groups in total. The monoisotopic (exact) mass is 408 g/mol. The number of amides is 2. The number of anilines is 1. The molecule has 1 heterocycles. The number of hydrogen-bond acceptors (Lipinski definition) is 2. The molecule has 2 aromatic carbocycles. The maximum absolute atomic E-state index is 12.3. The molecule has 3 rings (SSSR count). The SMILES string of the molecule is CC(=O)N(Cc1ccccc1)c1ccc(C2CCN(C(=O)O)C(C(C)(C)C)C2)cc1. The minimum atomic E-state index is -0.832. The smallest absolute Gasteiger partial charge is 0.407 e. The lowest BCUT2D eigenvalue weighted by atomic mass is 9.75. The molecule has 1 fully saturated rings. The predicted octanol–water partition coefficient (Wildman–Crippen LogP) is 5.51. The summed E-state index contributed by atoms with van der Waals surface area (Å²) < 4.78 is 0. The van der Waals surface area contributed by atoms with Gasteiger partial charge in [-0.05, 0) is 47.4 Å². The molecule has 0 aromatic heterocycles. The van der Waals surface area contributed by atoms with E-state index in [1.165, 1.54) is 5.56 Å². The Hall–Kier alpha value is -2.82. The Morgan fingerprint density at radius 2 is 1.70 bits per heavy atom. The zero-order chi connectivity index (χ0) is 21.9. The van der Waals surface area contributed by atoms with E-state index in [9.17, 15) is 14.7 Å². The van der Waals surface area contributed by atoms with Gasteiger partial charge in [-0.2, -0.15) is 0 Å². The van der Waals surface area contributed by atoms with Crippen molar-refractivity contribution in [2.24, 2.45) is 5.41 Å². The van der Waals surface area contributed by atoms with Crippen LogP contribution in [0.1, 0.15) is 57.6 Å². The van der Waals surface area contributed by atoms with Gasteiger partial charge < -0.3 is 14.9 Å². The number of nitrogens with zero attached hydrogens (tertiary/aromatic N) is 2. The van der Waals surface area contributed by atoms with Crippen LogP contribution in [-0.4, -0.2) is 34.6 Å². The fourth-order valence-electron chi connectivity index (χ4n) is 4.39. The topological polar surface area (TPSA) is 60.9 Å². The molecule has 5 heteroatoms. The van der Waals surface area contributed by atoms with Gasteiger partial charge in [0.2, 0.25) is 5.91 Å². The average molecular weight is 409 g/mol. The zero-order valence-corrected chi connectivity index (χ0v) is 18.3. The maximum atomic E-state index is 12.3. The lowest BCUT2D eigenvalue weighted by Gasteiger charge is -2.44. The van der Waals surface area contributed by atoms with Crippen molar-refractivity contribution in [3.05, 3.63) is 65.7 Å². The number of rotatable bonds is 4. The van der Waals surface area contributed by atoms with Crippen molar-refractivity contribution in [2.45, 2.75) is 59.0 Å². The number of hydrogen-bond donors (Lipinski definition) is 1. The van der Waals surface area contributed by atoms with Crippen LogP contribution >= 0.6 is 0 Å². The standard InChI is InChI=1S/C25H32N2O3/c1-18(28)27(17-19-8-6-5-7-9-19)22-12-10-20(11-13-22)21-14-15-26(24(29)30)23(16-21)25(2,3)4/h5-13,21,23H,14-17H2,1-4H3,(H,29,30). The molecule has 160 valence electrons. The van der Waals surface area contributed by atoms with E-state index in [1.54, 1.807) is 16.7 Å². The maximum Gasteiger partial charge on any atom is 0.407 e. The van der Waals surface area contributed by atoms with E-state index in [1.807, 2.05) is 42.5 Å². The molecule has 5 nitrogen and oxygen atoms in total. The van der Waals surface area contributed by atoms with Gasteiger partial charge in [-0.1, -0.05) is 63.2 Å². The van der Waals surface area contributed by atoms with Crippen LogP contribution in [0.2, 0.25) is 0 Å². The highest BCUT2D eigenvalue weighted by Gasteiger charge is 2.39. The fraction of sp³-hybridized carbons (Fsp3) is 0.440. The van der Waals surface area contributed by atoms with E-state index in [0.29, 0.717) is 19.0 Å². The molecule has 2 amide bonds. The second-order valence-electron chi connectivity index (χ2n) is 9.26. The van der Waals surface area contributed by atoms with Gasteiger partial charge >= 0.3 is 6.09 Å². The molecule has 1 aliphatic rings. The van der Waals surface area contributed by atoms with Crippen molar-refractivity contribution < 1.29 is 14.7 Å². The van der Waals surface area contributed by atoms with E-state index >= 15 is 0 Å². The van der Waals surface area contributed by atoms with E-state index in [2.05, 4.69) is 32.9 Å². The van der Waals surface area contributed by atoms with Crippen LogP contribution in [0.5, 0.6) is 0 Å². The first-order valence-electron chi connectivity index (χ1n) is 10.6. The number of carbonyl (C=O) groups is 2. The highest BCUT2D eigenvalue weighted by atomic mass is 16.4. The first-order chi connectivity index (χ1) is 14.2. The van der Waals surface area contributed by atoms with Gasteiger partial charge in [0.05, 0.1) is 6.54 Å². The van der Waals surface area contributed by atoms with E-state index in [0.717, 1.165) is 24.1 Å². The fourth-order valence-corrected chi connectivity index (χ4v) is 4.39. The molecule has 0 bridgehead atoms. The summed E-state index contributed by atoms with van der Waals surface area (Å²) in [6.45, 7) is 9.00. The second kappa shape index (κ2) is 8.90. The third-order valence-electron chi connectivity index (χ3n) is 6.09. The third-order valence-corrected chi connectivity index (χ3v) is 6.09.